The van der Waals surface area contributed by atoms with Gasteiger partial charge in [0.15, 0.2) is 5.78 Å². The molecule has 0 atom stereocenters. The molecule has 0 fully saturated rings. The molecule has 0 bridgehead atoms. The molecule has 0 aliphatic rings. The molecule has 21 heavy (non-hydrogen) atoms. The lowest BCUT2D eigenvalue weighted by molar-refractivity contribution is 0.0991. The van der Waals surface area contributed by atoms with Crippen LogP contribution in [0.15, 0.2) is 51.0 Å². The molecule has 0 saturated carbocycles. The largest absolute Gasteiger partial charge is 0.423 e. The molecule has 104 valence electrons. The van der Waals surface area contributed by atoms with E-state index in [1.165, 1.54) is 30.4 Å². The standard InChI is InChI=1S/C16H10O4S/c1-9(17)11-7-10-4-5-15(18)20-13(10)8-12(11)16(19)14-3-2-6-21-14/h2-8H,1H3. The number of carbonyl (C=O) groups excluding carboxylic acids is 2. The topological polar surface area (TPSA) is 64.3 Å². The average molecular weight is 298 g/mol. The van der Waals surface area contributed by atoms with Gasteiger partial charge in [-0.25, -0.2) is 4.79 Å². The van der Waals surface area contributed by atoms with E-state index in [0.29, 0.717) is 21.4 Å². The Labute approximate surface area is 123 Å². The number of hydrogen-bond acceptors (Lipinski definition) is 5. The molecule has 0 aliphatic heterocycles. The molecule has 0 unspecified atom stereocenters. The summed E-state index contributed by atoms with van der Waals surface area (Å²) in [5, 5.41) is 2.41. The van der Waals surface area contributed by atoms with Gasteiger partial charge in [0.05, 0.1) is 4.88 Å². The zero-order valence-electron chi connectivity index (χ0n) is 11.1. The van der Waals surface area contributed by atoms with Gasteiger partial charge in [-0.3, -0.25) is 9.59 Å². The number of hydrogen-bond donors (Lipinski definition) is 0. The molecule has 0 amide bonds. The van der Waals surface area contributed by atoms with Crippen molar-refractivity contribution in [2.24, 2.45) is 0 Å². The fraction of sp³-hybridized carbons (Fsp3) is 0.0625. The molecule has 0 aliphatic carbocycles. The van der Waals surface area contributed by atoms with E-state index in [9.17, 15) is 14.4 Å². The average Bonchev–Trinajstić information content (AvgIpc) is 2.99. The second-order valence-corrected chi connectivity index (χ2v) is 5.50. The van der Waals surface area contributed by atoms with Gasteiger partial charge in [0, 0.05) is 22.6 Å². The number of thiophene rings is 1. The summed E-state index contributed by atoms with van der Waals surface area (Å²) in [5.74, 6) is -0.452. The van der Waals surface area contributed by atoms with Crippen LogP contribution in [0.4, 0.5) is 0 Å². The van der Waals surface area contributed by atoms with Crippen LogP contribution in [0.2, 0.25) is 0 Å². The van der Waals surface area contributed by atoms with E-state index in [-0.39, 0.29) is 17.1 Å². The van der Waals surface area contributed by atoms with E-state index in [0.717, 1.165) is 0 Å². The lowest BCUT2D eigenvalue weighted by atomic mass is 9.98. The normalized spacial score (nSPS) is 10.7. The maximum atomic E-state index is 12.5. The molecule has 0 N–H and O–H groups in total. The second-order valence-electron chi connectivity index (χ2n) is 4.55. The van der Waals surface area contributed by atoms with Gasteiger partial charge in [-0.05, 0) is 36.6 Å². The van der Waals surface area contributed by atoms with Gasteiger partial charge < -0.3 is 4.42 Å². The van der Waals surface area contributed by atoms with E-state index in [2.05, 4.69) is 0 Å². The van der Waals surface area contributed by atoms with Gasteiger partial charge in [0.2, 0.25) is 5.78 Å². The Bertz CT molecular complexity index is 904. The summed E-state index contributed by atoms with van der Waals surface area (Å²) in [5.41, 5.74) is 0.390. The highest BCUT2D eigenvalue weighted by Gasteiger charge is 2.19. The maximum absolute atomic E-state index is 12.5. The smallest absolute Gasteiger partial charge is 0.336 e. The number of carbonyl (C=O) groups is 2. The van der Waals surface area contributed by atoms with E-state index in [4.69, 9.17) is 4.42 Å². The van der Waals surface area contributed by atoms with Crippen molar-refractivity contribution in [3.63, 3.8) is 0 Å². The van der Waals surface area contributed by atoms with E-state index in [1.54, 1.807) is 29.6 Å². The highest BCUT2D eigenvalue weighted by atomic mass is 32.1. The Hall–Kier alpha value is -2.53. The first kappa shape index (κ1) is 13.5. The molecule has 2 heterocycles. The van der Waals surface area contributed by atoms with Crippen molar-refractivity contribution in [1.82, 2.24) is 0 Å². The monoisotopic (exact) mass is 298 g/mol. The summed E-state index contributed by atoms with van der Waals surface area (Å²) < 4.78 is 5.09. The molecule has 0 spiro atoms. The molecule has 2 aromatic heterocycles. The Morgan fingerprint density at radius 3 is 2.57 bits per heavy atom. The van der Waals surface area contributed by atoms with Gasteiger partial charge >= 0.3 is 5.63 Å². The predicted molar refractivity (Wildman–Crippen MR) is 80.2 cm³/mol. The third-order valence-corrected chi connectivity index (χ3v) is 4.00. The summed E-state index contributed by atoms with van der Waals surface area (Å²) in [4.78, 5) is 36.1. The molecule has 3 rings (SSSR count). The fourth-order valence-corrected chi connectivity index (χ4v) is 2.81. The van der Waals surface area contributed by atoms with Crippen molar-refractivity contribution in [3.8, 4) is 0 Å². The van der Waals surface area contributed by atoms with Crippen LogP contribution in [0, 0.1) is 0 Å². The quantitative estimate of drug-likeness (QED) is 0.550. The molecule has 3 aromatic rings. The Morgan fingerprint density at radius 2 is 1.90 bits per heavy atom. The van der Waals surface area contributed by atoms with Crippen LogP contribution in [0.25, 0.3) is 11.0 Å². The molecular formula is C16H10O4S. The van der Waals surface area contributed by atoms with Gasteiger partial charge in [-0.2, -0.15) is 0 Å². The molecule has 4 nitrogen and oxygen atoms in total. The minimum atomic E-state index is -0.493. The van der Waals surface area contributed by atoms with Crippen LogP contribution in [-0.2, 0) is 0 Å². The van der Waals surface area contributed by atoms with Crippen molar-refractivity contribution < 1.29 is 14.0 Å². The van der Waals surface area contributed by atoms with Crippen LogP contribution in [0.3, 0.4) is 0 Å². The summed E-state index contributed by atoms with van der Waals surface area (Å²) >= 11 is 1.30. The number of Topliss-reactive ketones (excluding diaryl/α,β-unsaturated/α-hetero) is 1. The van der Waals surface area contributed by atoms with Crippen molar-refractivity contribution in [2.75, 3.05) is 0 Å². The minimum Gasteiger partial charge on any atom is -0.423 e. The first-order chi connectivity index (χ1) is 10.1. The van der Waals surface area contributed by atoms with Crippen LogP contribution in [0.5, 0.6) is 0 Å². The Morgan fingerprint density at radius 1 is 1.10 bits per heavy atom. The molecule has 0 radical (unpaired) electrons. The fourth-order valence-electron chi connectivity index (χ4n) is 2.14. The minimum absolute atomic E-state index is 0.206. The molecular weight excluding hydrogens is 288 g/mol. The van der Waals surface area contributed by atoms with Crippen LogP contribution in [0.1, 0.15) is 32.5 Å². The first-order valence-electron chi connectivity index (χ1n) is 6.23. The van der Waals surface area contributed by atoms with Crippen LogP contribution >= 0.6 is 11.3 Å². The SMILES string of the molecule is CC(=O)c1cc2ccc(=O)oc2cc1C(=O)c1cccs1. The van der Waals surface area contributed by atoms with Crippen LogP contribution in [-0.4, -0.2) is 11.6 Å². The Balaban J connectivity index is 2.28. The van der Waals surface area contributed by atoms with E-state index >= 15 is 0 Å². The van der Waals surface area contributed by atoms with Gasteiger partial charge in [-0.15, -0.1) is 11.3 Å². The highest BCUT2D eigenvalue weighted by Crippen LogP contribution is 2.24. The third kappa shape index (κ3) is 2.43. The lowest BCUT2D eigenvalue weighted by Crippen LogP contribution is -2.08. The summed E-state index contributed by atoms with van der Waals surface area (Å²) in [7, 11) is 0. The second kappa shape index (κ2) is 5.10. The zero-order valence-corrected chi connectivity index (χ0v) is 11.9. The summed E-state index contributed by atoms with van der Waals surface area (Å²) in [6.45, 7) is 1.41. The number of fused-ring (bicyclic) bond motifs is 1. The third-order valence-electron chi connectivity index (χ3n) is 3.13. The number of benzene rings is 1. The van der Waals surface area contributed by atoms with Crippen molar-refractivity contribution >= 4 is 33.9 Å². The highest BCUT2D eigenvalue weighted by molar-refractivity contribution is 7.12. The van der Waals surface area contributed by atoms with E-state index < -0.39 is 5.63 Å². The lowest BCUT2D eigenvalue weighted by Gasteiger charge is -2.07. The summed E-state index contributed by atoms with van der Waals surface area (Å²) in [6, 6.07) is 9.38. The van der Waals surface area contributed by atoms with Gasteiger partial charge in [-0.1, -0.05) is 6.07 Å². The number of ketones is 2. The maximum Gasteiger partial charge on any atom is 0.336 e. The molecule has 1 aromatic carbocycles. The van der Waals surface area contributed by atoms with Crippen LogP contribution < -0.4 is 5.63 Å². The summed E-state index contributed by atoms with van der Waals surface area (Å²) in [6.07, 6.45) is 0. The van der Waals surface area contributed by atoms with Gasteiger partial charge in [0.25, 0.3) is 0 Å². The first-order valence-corrected chi connectivity index (χ1v) is 7.11. The molecule has 5 heteroatoms. The number of rotatable bonds is 3. The Kier molecular flexibility index (Phi) is 3.27. The van der Waals surface area contributed by atoms with Crippen molar-refractivity contribution in [1.29, 1.82) is 0 Å². The van der Waals surface area contributed by atoms with Crippen molar-refractivity contribution in [2.45, 2.75) is 6.92 Å². The predicted octanol–water partition coefficient (Wildman–Crippen LogP) is 3.29. The van der Waals surface area contributed by atoms with Gasteiger partial charge in [0.1, 0.15) is 5.58 Å². The zero-order chi connectivity index (χ0) is 15.0. The molecule has 0 saturated heterocycles. The van der Waals surface area contributed by atoms with Crippen molar-refractivity contribution in [3.05, 3.63) is 68.2 Å². The van der Waals surface area contributed by atoms with E-state index in [1.807, 2.05) is 0 Å².